The molecule has 9 heteroatoms. The third-order valence-electron chi connectivity index (χ3n) is 5.88. The quantitative estimate of drug-likeness (QED) is 0.759. The van der Waals surface area contributed by atoms with Crippen LogP contribution in [0.1, 0.15) is 29.6 Å². The van der Waals surface area contributed by atoms with Gasteiger partial charge in [-0.1, -0.05) is 30.3 Å². The van der Waals surface area contributed by atoms with Gasteiger partial charge in [0.05, 0.1) is 38.4 Å². The van der Waals surface area contributed by atoms with Gasteiger partial charge in [-0.25, -0.2) is 14.2 Å². The van der Waals surface area contributed by atoms with Gasteiger partial charge in [-0.15, -0.1) is 0 Å². The number of hydrogen-bond acceptors (Lipinski definition) is 6. The maximum atomic E-state index is 14.2. The Hall–Kier alpha value is -3.17. The second-order valence-electron chi connectivity index (χ2n) is 7.63. The zero-order valence-corrected chi connectivity index (χ0v) is 17.3. The standard InChI is InChI=1S/C22H25FN4O4/c1-25-19(11-18(24)28)26-21-15-10-14(23)8-9-17(15)31-12-16(21)20(27(26)22(29)30-2)13-6-4-3-5-7-13/h3-10,16,19-21,25H,11-12H2,1-2H3,(H2,24,28)/t16-,19?,20-,21?/m1/s1. The molecule has 3 N–H and O–H groups in total. The van der Waals surface area contributed by atoms with Gasteiger partial charge in [0.15, 0.2) is 0 Å². The lowest BCUT2D eigenvalue weighted by Gasteiger charge is -2.39. The molecular weight excluding hydrogens is 403 g/mol. The fourth-order valence-electron chi connectivity index (χ4n) is 4.65. The van der Waals surface area contributed by atoms with E-state index in [2.05, 4.69) is 5.32 Å². The van der Waals surface area contributed by atoms with Crippen molar-refractivity contribution in [2.45, 2.75) is 24.7 Å². The molecule has 0 spiro atoms. The second-order valence-corrected chi connectivity index (χ2v) is 7.63. The predicted molar refractivity (Wildman–Crippen MR) is 110 cm³/mol. The molecule has 2 aromatic rings. The van der Waals surface area contributed by atoms with Gasteiger partial charge in [0.2, 0.25) is 5.91 Å². The molecule has 2 heterocycles. The summed E-state index contributed by atoms with van der Waals surface area (Å²) in [5.41, 5.74) is 6.98. The Morgan fingerprint density at radius 2 is 2.00 bits per heavy atom. The van der Waals surface area contributed by atoms with Crippen LogP contribution in [-0.4, -0.2) is 48.9 Å². The van der Waals surface area contributed by atoms with Crippen LogP contribution in [0.2, 0.25) is 0 Å². The SMILES string of the molecule is CNC(CC(N)=O)N1C2c3cc(F)ccc3OC[C@@H]2[C@@H](c2ccccc2)N1C(=O)OC. The number of nitrogens with two attached hydrogens (primary N) is 1. The molecule has 8 nitrogen and oxygen atoms in total. The number of carbonyl (C=O) groups excluding carboxylic acids is 2. The minimum Gasteiger partial charge on any atom is -0.493 e. The molecule has 4 atom stereocenters. The number of ether oxygens (including phenoxy) is 2. The van der Waals surface area contributed by atoms with Crippen molar-refractivity contribution >= 4 is 12.0 Å². The number of amides is 2. The summed E-state index contributed by atoms with van der Waals surface area (Å²) >= 11 is 0. The number of nitrogens with zero attached hydrogens (tertiary/aromatic N) is 2. The molecule has 0 aliphatic carbocycles. The number of benzene rings is 2. The number of methoxy groups -OCH3 is 1. The first-order valence-corrected chi connectivity index (χ1v) is 10.0. The Morgan fingerprint density at radius 3 is 2.65 bits per heavy atom. The van der Waals surface area contributed by atoms with Gasteiger partial charge in [-0.3, -0.25) is 4.79 Å². The van der Waals surface area contributed by atoms with Crippen LogP contribution in [0.25, 0.3) is 0 Å². The maximum Gasteiger partial charge on any atom is 0.424 e. The highest BCUT2D eigenvalue weighted by Gasteiger charge is 2.56. The molecule has 0 saturated carbocycles. The number of hydrogen-bond donors (Lipinski definition) is 2. The zero-order valence-electron chi connectivity index (χ0n) is 17.3. The van der Waals surface area contributed by atoms with Crippen molar-refractivity contribution in [3.05, 3.63) is 65.5 Å². The molecule has 2 aromatic carbocycles. The number of carbonyl (C=O) groups is 2. The van der Waals surface area contributed by atoms with Gasteiger partial charge < -0.3 is 20.5 Å². The largest absolute Gasteiger partial charge is 0.493 e. The molecule has 0 bridgehead atoms. The van der Waals surface area contributed by atoms with Gasteiger partial charge in [0, 0.05) is 11.5 Å². The minimum atomic E-state index is -0.618. The predicted octanol–water partition coefficient (Wildman–Crippen LogP) is 2.34. The van der Waals surface area contributed by atoms with Crippen molar-refractivity contribution in [3.63, 3.8) is 0 Å². The monoisotopic (exact) mass is 428 g/mol. The lowest BCUT2D eigenvalue weighted by Crippen LogP contribution is -2.54. The molecule has 4 rings (SSSR count). The Kier molecular flexibility index (Phi) is 5.79. The van der Waals surface area contributed by atoms with E-state index < -0.39 is 36.1 Å². The molecule has 2 unspecified atom stereocenters. The smallest absolute Gasteiger partial charge is 0.424 e. The summed E-state index contributed by atoms with van der Waals surface area (Å²) in [6, 6.07) is 13.0. The van der Waals surface area contributed by atoms with Crippen molar-refractivity contribution in [1.82, 2.24) is 15.3 Å². The Labute approximate surface area is 179 Å². The third kappa shape index (κ3) is 3.70. The Balaban J connectivity index is 1.91. The number of nitrogens with one attached hydrogen (secondary N) is 1. The topological polar surface area (TPSA) is 97.1 Å². The normalized spacial score (nSPS) is 23.5. The highest BCUT2D eigenvalue weighted by atomic mass is 19.1. The molecular formula is C22H25FN4O4. The summed E-state index contributed by atoms with van der Waals surface area (Å²) in [6.07, 6.45) is -1.27. The summed E-state index contributed by atoms with van der Waals surface area (Å²) in [5, 5.41) is 6.32. The van der Waals surface area contributed by atoms with Crippen LogP contribution < -0.4 is 15.8 Å². The van der Waals surface area contributed by atoms with Crippen molar-refractivity contribution in [2.75, 3.05) is 20.8 Å². The van der Waals surface area contributed by atoms with E-state index in [4.69, 9.17) is 15.2 Å². The van der Waals surface area contributed by atoms with Crippen LogP contribution in [0, 0.1) is 11.7 Å². The molecule has 164 valence electrons. The van der Waals surface area contributed by atoms with Crippen LogP contribution in [0.3, 0.4) is 0 Å². The highest BCUT2D eigenvalue weighted by molar-refractivity contribution is 5.74. The van der Waals surface area contributed by atoms with Gasteiger partial charge in [-0.05, 0) is 30.8 Å². The highest BCUT2D eigenvalue weighted by Crippen LogP contribution is 2.54. The first-order valence-electron chi connectivity index (χ1n) is 10.0. The third-order valence-corrected chi connectivity index (χ3v) is 5.88. The maximum absolute atomic E-state index is 14.2. The molecule has 2 aliphatic rings. The van der Waals surface area contributed by atoms with Crippen molar-refractivity contribution in [3.8, 4) is 5.75 Å². The molecule has 1 fully saturated rings. The van der Waals surface area contributed by atoms with Gasteiger partial charge in [-0.2, -0.15) is 5.01 Å². The average molecular weight is 428 g/mol. The summed E-state index contributed by atoms with van der Waals surface area (Å²) in [7, 11) is 2.98. The Bertz CT molecular complexity index is 973. The van der Waals surface area contributed by atoms with Crippen LogP contribution in [0.4, 0.5) is 9.18 Å². The van der Waals surface area contributed by atoms with E-state index >= 15 is 0 Å². The van der Waals surface area contributed by atoms with E-state index in [9.17, 15) is 14.0 Å². The van der Waals surface area contributed by atoms with E-state index in [0.717, 1.165) is 5.56 Å². The molecule has 2 amide bonds. The van der Waals surface area contributed by atoms with Crippen LogP contribution in [0.5, 0.6) is 5.75 Å². The number of hydrazine groups is 1. The molecule has 1 saturated heterocycles. The van der Waals surface area contributed by atoms with E-state index in [-0.39, 0.29) is 12.3 Å². The first-order chi connectivity index (χ1) is 15.0. The number of halogens is 1. The van der Waals surface area contributed by atoms with Crippen LogP contribution >= 0.6 is 0 Å². The summed E-state index contributed by atoms with van der Waals surface area (Å²) in [5.74, 6) is -0.637. The molecule has 0 radical (unpaired) electrons. The fraction of sp³-hybridized carbons (Fsp3) is 0.364. The van der Waals surface area contributed by atoms with E-state index in [1.54, 1.807) is 18.1 Å². The van der Waals surface area contributed by atoms with Crippen molar-refractivity contribution in [1.29, 1.82) is 0 Å². The van der Waals surface area contributed by atoms with E-state index in [0.29, 0.717) is 17.9 Å². The van der Waals surface area contributed by atoms with Gasteiger partial charge >= 0.3 is 6.09 Å². The second kappa shape index (κ2) is 8.52. The van der Waals surface area contributed by atoms with E-state index in [1.807, 2.05) is 30.3 Å². The summed E-state index contributed by atoms with van der Waals surface area (Å²) in [4.78, 5) is 24.9. The van der Waals surface area contributed by atoms with Crippen molar-refractivity contribution < 1.29 is 23.5 Å². The summed E-state index contributed by atoms with van der Waals surface area (Å²) < 4.78 is 25.3. The molecule has 31 heavy (non-hydrogen) atoms. The van der Waals surface area contributed by atoms with Gasteiger partial charge in [0.1, 0.15) is 11.6 Å². The molecule has 0 aromatic heterocycles. The number of fused-ring (bicyclic) bond motifs is 3. The van der Waals surface area contributed by atoms with Crippen LogP contribution in [0.15, 0.2) is 48.5 Å². The van der Waals surface area contributed by atoms with Crippen LogP contribution in [-0.2, 0) is 9.53 Å². The molecule has 2 aliphatic heterocycles. The van der Waals surface area contributed by atoms with Gasteiger partial charge in [0.25, 0.3) is 0 Å². The average Bonchev–Trinajstić information content (AvgIpc) is 3.12. The summed E-state index contributed by atoms with van der Waals surface area (Å²) in [6.45, 7) is 0.305. The Morgan fingerprint density at radius 1 is 1.26 bits per heavy atom. The minimum absolute atomic E-state index is 0.0553. The lowest BCUT2D eigenvalue weighted by molar-refractivity contribution is -0.123. The number of primary amides is 1. The first kappa shape index (κ1) is 21.1. The van der Waals surface area contributed by atoms with E-state index in [1.165, 1.54) is 24.3 Å². The zero-order chi connectivity index (χ0) is 22.1. The van der Waals surface area contributed by atoms with Crippen molar-refractivity contribution in [2.24, 2.45) is 11.7 Å². The number of rotatable bonds is 5. The lowest BCUT2D eigenvalue weighted by atomic mass is 9.84. The fourth-order valence-corrected chi connectivity index (χ4v) is 4.65.